The van der Waals surface area contributed by atoms with E-state index in [9.17, 15) is 10.2 Å². The molecule has 2 aromatic carbocycles. The third-order valence-electron chi connectivity index (χ3n) is 3.09. The van der Waals surface area contributed by atoms with Crippen LogP contribution in [0.15, 0.2) is 35.2 Å². The number of rotatable bonds is 3. The standard InChI is InChI=1S/C16H16O2S/c1-10-11(2)15(18)16(12(3)14(10)17)19-9-13-7-5-4-6-8-13/h4-8,17-18H,2-3,9H2,1H3. The molecule has 0 saturated heterocycles. The molecule has 0 heterocycles. The zero-order valence-corrected chi connectivity index (χ0v) is 11.6. The summed E-state index contributed by atoms with van der Waals surface area (Å²) in [5.41, 5.74) is 1.73. The molecule has 19 heavy (non-hydrogen) atoms. The van der Waals surface area contributed by atoms with Gasteiger partial charge in [-0.1, -0.05) is 43.5 Å². The second kappa shape index (κ2) is 5.41. The van der Waals surface area contributed by atoms with Crippen LogP contribution < -0.4 is 10.4 Å². The van der Waals surface area contributed by atoms with E-state index < -0.39 is 0 Å². The topological polar surface area (TPSA) is 40.5 Å². The summed E-state index contributed by atoms with van der Waals surface area (Å²) < 4.78 is 0. The highest BCUT2D eigenvalue weighted by Gasteiger charge is 2.11. The largest absolute Gasteiger partial charge is 0.507 e. The molecule has 2 aromatic rings. The molecule has 0 aliphatic rings. The molecule has 2 N–H and O–H groups in total. The van der Waals surface area contributed by atoms with Crippen molar-refractivity contribution in [1.82, 2.24) is 0 Å². The van der Waals surface area contributed by atoms with Gasteiger partial charge in [0.05, 0.1) is 4.90 Å². The Bertz CT molecular complexity index is 693. The summed E-state index contributed by atoms with van der Waals surface area (Å²) in [7, 11) is 0. The molecule has 0 bridgehead atoms. The molecule has 0 unspecified atom stereocenters. The Morgan fingerprint density at radius 2 is 1.63 bits per heavy atom. The van der Waals surface area contributed by atoms with E-state index in [1.807, 2.05) is 30.3 Å². The van der Waals surface area contributed by atoms with Crippen LogP contribution in [0, 0.1) is 6.92 Å². The average molecular weight is 272 g/mol. The summed E-state index contributed by atoms with van der Waals surface area (Å²) in [5.74, 6) is 0.929. The molecule has 0 atom stereocenters. The molecule has 2 rings (SSSR count). The van der Waals surface area contributed by atoms with Crippen LogP contribution in [0.25, 0.3) is 13.2 Å². The molecule has 2 nitrogen and oxygen atoms in total. The number of hydrogen-bond acceptors (Lipinski definition) is 3. The van der Waals surface area contributed by atoms with Gasteiger partial charge in [0.1, 0.15) is 11.5 Å². The van der Waals surface area contributed by atoms with Crippen LogP contribution in [0.4, 0.5) is 0 Å². The minimum atomic E-state index is 0.110. The molecular weight excluding hydrogens is 256 g/mol. The van der Waals surface area contributed by atoms with Gasteiger partial charge in [0.25, 0.3) is 0 Å². The predicted molar refractivity (Wildman–Crippen MR) is 80.8 cm³/mol. The maximum atomic E-state index is 10.1. The van der Waals surface area contributed by atoms with Gasteiger partial charge < -0.3 is 10.2 Å². The van der Waals surface area contributed by atoms with Crippen molar-refractivity contribution in [2.24, 2.45) is 0 Å². The summed E-state index contributed by atoms with van der Waals surface area (Å²) >= 11 is 1.45. The number of phenolic OH excluding ortho intramolecular Hbond substituents is 2. The Hall–Kier alpha value is -1.87. The van der Waals surface area contributed by atoms with Crippen molar-refractivity contribution in [3.05, 3.63) is 51.9 Å². The number of hydrogen-bond donors (Lipinski definition) is 2. The smallest absolute Gasteiger partial charge is 0.136 e. The van der Waals surface area contributed by atoms with E-state index in [1.165, 1.54) is 11.8 Å². The van der Waals surface area contributed by atoms with Gasteiger partial charge in [0.15, 0.2) is 0 Å². The summed E-state index contributed by atoms with van der Waals surface area (Å²) in [5, 5.41) is 21.0. The van der Waals surface area contributed by atoms with E-state index in [2.05, 4.69) is 13.2 Å². The predicted octanol–water partition coefficient (Wildman–Crippen LogP) is 2.52. The van der Waals surface area contributed by atoms with E-state index in [0.29, 0.717) is 26.6 Å². The van der Waals surface area contributed by atoms with Gasteiger partial charge in [-0.2, -0.15) is 0 Å². The Labute approximate surface area is 116 Å². The van der Waals surface area contributed by atoms with Gasteiger partial charge in [0, 0.05) is 21.8 Å². The van der Waals surface area contributed by atoms with Crippen LogP contribution >= 0.6 is 11.8 Å². The SMILES string of the molecule is C=c1c(C)c(O)c(=C)c(SCc2ccccc2)c1O. The Morgan fingerprint density at radius 3 is 2.26 bits per heavy atom. The third-order valence-corrected chi connectivity index (χ3v) is 4.30. The normalized spacial score (nSPS) is 10.6. The van der Waals surface area contributed by atoms with Gasteiger partial charge >= 0.3 is 0 Å². The third kappa shape index (κ3) is 2.61. The van der Waals surface area contributed by atoms with E-state index in [0.717, 1.165) is 5.56 Å². The van der Waals surface area contributed by atoms with Crippen LogP contribution in [0.3, 0.4) is 0 Å². The number of benzene rings is 2. The highest BCUT2D eigenvalue weighted by molar-refractivity contribution is 7.98. The second-order valence-electron chi connectivity index (χ2n) is 4.38. The average Bonchev–Trinajstić information content (AvgIpc) is 2.44. The number of aromatic hydroxyl groups is 2. The van der Waals surface area contributed by atoms with Gasteiger partial charge in [0.2, 0.25) is 0 Å². The molecule has 0 aromatic heterocycles. The van der Waals surface area contributed by atoms with Crippen molar-refractivity contribution < 1.29 is 10.2 Å². The first-order valence-electron chi connectivity index (χ1n) is 5.91. The Balaban J connectivity index is 2.37. The molecule has 0 amide bonds. The fourth-order valence-electron chi connectivity index (χ4n) is 1.82. The highest BCUT2D eigenvalue weighted by Crippen LogP contribution is 2.28. The molecule has 0 fully saturated rings. The second-order valence-corrected chi connectivity index (χ2v) is 5.37. The van der Waals surface area contributed by atoms with Crippen LogP contribution in [-0.2, 0) is 5.75 Å². The maximum Gasteiger partial charge on any atom is 0.136 e. The molecule has 0 spiro atoms. The molecule has 0 aliphatic carbocycles. The number of thioether (sulfide) groups is 1. The molecule has 0 aliphatic heterocycles. The lowest BCUT2D eigenvalue weighted by Crippen LogP contribution is -2.15. The summed E-state index contributed by atoms with van der Waals surface area (Å²) in [6.07, 6.45) is 0. The first kappa shape index (κ1) is 13.6. The summed E-state index contributed by atoms with van der Waals surface area (Å²) in [4.78, 5) is 0.594. The van der Waals surface area contributed by atoms with Crippen molar-refractivity contribution in [3.63, 3.8) is 0 Å². The Kier molecular flexibility index (Phi) is 3.86. The minimum Gasteiger partial charge on any atom is -0.507 e. The van der Waals surface area contributed by atoms with Gasteiger partial charge in [-0.05, 0) is 12.5 Å². The fourth-order valence-corrected chi connectivity index (χ4v) is 2.85. The van der Waals surface area contributed by atoms with Crippen LogP contribution in [0.1, 0.15) is 11.1 Å². The van der Waals surface area contributed by atoms with Crippen molar-refractivity contribution in [2.45, 2.75) is 17.6 Å². The van der Waals surface area contributed by atoms with Gasteiger partial charge in [-0.25, -0.2) is 0 Å². The zero-order chi connectivity index (χ0) is 14.0. The van der Waals surface area contributed by atoms with E-state index in [4.69, 9.17) is 0 Å². The van der Waals surface area contributed by atoms with Crippen molar-refractivity contribution in [3.8, 4) is 11.5 Å². The van der Waals surface area contributed by atoms with E-state index in [-0.39, 0.29) is 11.5 Å². The molecule has 98 valence electrons. The van der Waals surface area contributed by atoms with Crippen LogP contribution in [0.5, 0.6) is 11.5 Å². The van der Waals surface area contributed by atoms with Gasteiger partial charge in [-0.15, -0.1) is 11.8 Å². The first-order chi connectivity index (χ1) is 9.02. The first-order valence-corrected chi connectivity index (χ1v) is 6.90. The lowest BCUT2D eigenvalue weighted by molar-refractivity contribution is 0.437. The van der Waals surface area contributed by atoms with E-state index in [1.54, 1.807) is 6.92 Å². The quantitative estimate of drug-likeness (QED) is 0.666. The lowest BCUT2D eigenvalue weighted by atomic mass is 10.1. The summed E-state index contributed by atoms with van der Waals surface area (Å²) in [6.45, 7) is 9.34. The lowest BCUT2D eigenvalue weighted by Gasteiger charge is -2.10. The van der Waals surface area contributed by atoms with Crippen molar-refractivity contribution in [2.75, 3.05) is 0 Å². The van der Waals surface area contributed by atoms with Crippen LogP contribution in [0.2, 0.25) is 0 Å². The van der Waals surface area contributed by atoms with Gasteiger partial charge in [-0.3, -0.25) is 0 Å². The molecular formula is C16H16O2S. The highest BCUT2D eigenvalue weighted by atomic mass is 32.2. The Morgan fingerprint density at radius 1 is 1.00 bits per heavy atom. The monoisotopic (exact) mass is 272 g/mol. The molecule has 0 saturated carbocycles. The maximum absolute atomic E-state index is 10.1. The fraction of sp³-hybridized carbons (Fsp3) is 0.125. The number of phenols is 2. The molecule has 0 radical (unpaired) electrons. The van der Waals surface area contributed by atoms with E-state index >= 15 is 0 Å². The zero-order valence-electron chi connectivity index (χ0n) is 10.8. The van der Waals surface area contributed by atoms with Crippen molar-refractivity contribution in [1.29, 1.82) is 0 Å². The van der Waals surface area contributed by atoms with Crippen LogP contribution in [-0.4, -0.2) is 10.2 Å². The molecule has 3 heteroatoms. The summed E-state index contributed by atoms with van der Waals surface area (Å²) in [6, 6.07) is 9.95. The minimum absolute atomic E-state index is 0.110. The van der Waals surface area contributed by atoms with Crippen molar-refractivity contribution >= 4 is 24.9 Å².